The van der Waals surface area contributed by atoms with Crippen molar-refractivity contribution in [3.63, 3.8) is 0 Å². The quantitative estimate of drug-likeness (QED) is 0.860. The Morgan fingerprint density at radius 1 is 1.29 bits per heavy atom. The Hall–Kier alpha value is -1.95. The molecule has 1 aromatic heterocycles. The van der Waals surface area contributed by atoms with Crippen LogP contribution in [0.3, 0.4) is 0 Å². The summed E-state index contributed by atoms with van der Waals surface area (Å²) >= 11 is 1.26. The normalized spacial score (nSPS) is 10.5. The summed E-state index contributed by atoms with van der Waals surface area (Å²) in [5, 5.41) is 0.766. The highest BCUT2D eigenvalue weighted by atomic mass is 32.1. The molecule has 0 aliphatic heterocycles. The number of rotatable bonds is 4. The monoisotopic (exact) mass is 307 g/mol. The third-order valence-electron chi connectivity index (χ3n) is 3.14. The van der Waals surface area contributed by atoms with E-state index in [1.54, 1.807) is 36.0 Å². The molecule has 1 aromatic carbocycles. The fourth-order valence-corrected chi connectivity index (χ4v) is 2.68. The SMILES string of the molecule is CCCN(C)C(=O)N(C)c1cc(-c2ccc(F)cc2)ns1. The van der Waals surface area contributed by atoms with Crippen molar-refractivity contribution < 1.29 is 9.18 Å². The third kappa shape index (κ3) is 3.58. The van der Waals surface area contributed by atoms with Crippen LogP contribution in [0.25, 0.3) is 11.3 Å². The molecule has 0 atom stereocenters. The summed E-state index contributed by atoms with van der Waals surface area (Å²) in [5.41, 5.74) is 1.58. The van der Waals surface area contributed by atoms with E-state index in [1.807, 2.05) is 13.0 Å². The zero-order chi connectivity index (χ0) is 15.4. The Bertz CT molecular complexity index is 612. The summed E-state index contributed by atoms with van der Waals surface area (Å²) in [4.78, 5) is 15.5. The van der Waals surface area contributed by atoms with Gasteiger partial charge in [0.25, 0.3) is 0 Å². The highest BCUT2D eigenvalue weighted by Crippen LogP contribution is 2.28. The number of benzene rings is 1. The predicted octanol–water partition coefficient (Wildman–Crippen LogP) is 3.85. The van der Waals surface area contributed by atoms with Crippen molar-refractivity contribution in [3.05, 3.63) is 36.1 Å². The van der Waals surface area contributed by atoms with Gasteiger partial charge < -0.3 is 4.90 Å². The van der Waals surface area contributed by atoms with Gasteiger partial charge in [0.15, 0.2) is 0 Å². The highest BCUT2D eigenvalue weighted by molar-refractivity contribution is 7.10. The lowest BCUT2D eigenvalue weighted by molar-refractivity contribution is 0.217. The number of urea groups is 1. The molecule has 6 heteroatoms. The number of carbonyl (C=O) groups excluding carboxylic acids is 1. The molecule has 0 N–H and O–H groups in total. The van der Waals surface area contributed by atoms with Crippen LogP contribution < -0.4 is 4.90 Å². The molecular formula is C15H18FN3OS. The van der Waals surface area contributed by atoms with Crippen LogP contribution in [-0.4, -0.2) is 35.9 Å². The van der Waals surface area contributed by atoms with Crippen molar-refractivity contribution in [1.29, 1.82) is 0 Å². The largest absolute Gasteiger partial charge is 0.327 e. The Morgan fingerprint density at radius 2 is 1.95 bits per heavy atom. The van der Waals surface area contributed by atoms with E-state index in [0.717, 1.165) is 22.7 Å². The number of hydrogen-bond donors (Lipinski definition) is 0. The van der Waals surface area contributed by atoms with Gasteiger partial charge in [-0.3, -0.25) is 4.90 Å². The van der Waals surface area contributed by atoms with E-state index < -0.39 is 0 Å². The summed E-state index contributed by atoms with van der Waals surface area (Å²) in [5.74, 6) is -0.275. The summed E-state index contributed by atoms with van der Waals surface area (Å²) in [7, 11) is 3.51. The van der Waals surface area contributed by atoms with Crippen molar-refractivity contribution in [1.82, 2.24) is 9.27 Å². The lowest BCUT2D eigenvalue weighted by Gasteiger charge is -2.22. The van der Waals surface area contributed by atoms with Crippen LogP contribution in [0.5, 0.6) is 0 Å². The van der Waals surface area contributed by atoms with Crippen LogP contribution in [-0.2, 0) is 0 Å². The number of anilines is 1. The molecule has 21 heavy (non-hydrogen) atoms. The molecule has 2 amide bonds. The number of aromatic nitrogens is 1. The number of nitrogens with zero attached hydrogens (tertiary/aromatic N) is 3. The van der Waals surface area contributed by atoms with Gasteiger partial charge in [-0.05, 0) is 42.2 Å². The first kappa shape index (κ1) is 15.4. The second-order valence-corrected chi connectivity index (χ2v) is 5.60. The van der Waals surface area contributed by atoms with Crippen LogP contribution in [0.1, 0.15) is 13.3 Å². The molecule has 0 unspecified atom stereocenters. The first-order chi connectivity index (χ1) is 10.0. The lowest BCUT2D eigenvalue weighted by Crippen LogP contribution is -2.38. The molecule has 4 nitrogen and oxygen atoms in total. The molecule has 0 fully saturated rings. The van der Waals surface area contributed by atoms with E-state index >= 15 is 0 Å². The zero-order valence-corrected chi connectivity index (χ0v) is 13.2. The van der Waals surface area contributed by atoms with Crippen molar-refractivity contribution in [2.75, 3.05) is 25.5 Å². The van der Waals surface area contributed by atoms with Crippen LogP contribution >= 0.6 is 11.5 Å². The molecule has 1 heterocycles. The number of hydrogen-bond acceptors (Lipinski definition) is 3. The standard InChI is InChI=1S/C15H18FN3OS/c1-4-9-18(2)15(20)19(3)14-10-13(17-21-14)11-5-7-12(16)8-6-11/h5-8,10H,4,9H2,1-3H3. The Balaban J connectivity index is 2.15. The predicted molar refractivity (Wildman–Crippen MR) is 84.2 cm³/mol. The van der Waals surface area contributed by atoms with Crippen molar-refractivity contribution in [2.45, 2.75) is 13.3 Å². The number of amides is 2. The molecule has 112 valence electrons. The molecule has 0 bridgehead atoms. The highest BCUT2D eigenvalue weighted by Gasteiger charge is 2.17. The van der Waals surface area contributed by atoms with Crippen LogP contribution in [0.2, 0.25) is 0 Å². The topological polar surface area (TPSA) is 36.4 Å². The summed E-state index contributed by atoms with van der Waals surface area (Å²) in [6, 6.07) is 7.94. The van der Waals surface area contributed by atoms with Gasteiger partial charge in [0.05, 0.1) is 5.69 Å². The molecule has 0 spiro atoms. The van der Waals surface area contributed by atoms with Gasteiger partial charge in [-0.25, -0.2) is 9.18 Å². The second-order valence-electron chi connectivity index (χ2n) is 4.82. The van der Waals surface area contributed by atoms with Crippen molar-refractivity contribution in [2.24, 2.45) is 0 Å². The van der Waals surface area contributed by atoms with E-state index in [-0.39, 0.29) is 11.8 Å². The minimum atomic E-state index is -0.275. The van der Waals surface area contributed by atoms with E-state index in [0.29, 0.717) is 6.54 Å². The first-order valence-electron chi connectivity index (χ1n) is 6.74. The maximum absolute atomic E-state index is 12.9. The van der Waals surface area contributed by atoms with Crippen LogP contribution in [0.4, 0.5) is 14.2 Å². The molecule has 0 radical (unpaired) electrons. The zero-order valence-electron chi connectivity index (χ0n) is 12.3. The molecule has 0 aliphatic carbocycles. The minimum Gasteiger partial charge on any atom is -0.327 e. The lowest BCUT2D eigenvalue weighted by atomic mass is 10.1. The number of halogens is 1. The van der Waals surface area contributed by atoms with Gasteiger partial charge in [0.2, 0.25) is 0 Å². The van der Waals surface area contributed by atoms with E-state index in [4.69, 9.17) is 0 Å². The molecule has 0 saturated carbocycles. The fourth-order valence-electron chi connectivity index (χ4n) is 1.96. The van der Waals surface area contributed by atoms with Gasteiger partial charge in [0.1, 0.15) is 10.8 Å². The maximum atomic E-state index is 12.9. The molecule has 0 aliphatic rings. The Kier molecular flexibility index (Phi) is 4.90. The van der Waals surface area contributed by atoms with Gasteiger partial charge in [0, 0.05) is 32.3 Å². The van der Waals surface area contributed by atoms with Crippen molar-refractivity contribution >= 4 is 22.6 Å². The van der Waals surface area contributed by atoms with Gasteiger partial charge >= 0.3 is 6.03 Å². The summed E-state index contributed by atoms with van der Waals surface area (Å²) in [6.07, 6.45) is 0.916. The Labute approximate surface area is 128 Å². The second kappa shape index (κ2) is 6.67. The smallest absolute Gasteiger partial charge is 0.324 e. The molecule has 2 rings (SSSR count). The maximum Gasteiger partial charge on any atom is 0.324 e. The van der Waals surface area contributed by atoms with Gasteiger partial charge in [-0.15, -0.1) is 0 Å². The molecule has 0 saturated heterocycles. The fraction of sp³-hybridized carbons (Fsp3) is 0.333. The van der Waals surface area contributed by atoms with Gasteiger partial charge in [-0.2, -0.15) is 4.37 Å². The van der Waals surface area contributed by atoms with E-state index in [9.17, 15) is 9.18 Å². The average molecular weight is 307 g/mol. The Morgan fingerprint density at radius 3 is 2.57 bits per heavy atom. The minimum absolute atomic E-state index is 0.0637. The molecule has 2 aromatic rings. The summed E-state index contributed by atoms with van der Waals surface area (Å²) < 4.78 is 17.3. The third-order valence-corrected chi connectivity index (χ3v) is 4.01. The van der Waals surface area contributed by atoms with E-state index in [1.165, 1.54) is 23.7 Å². The van der Waals surface area contributed by atoms with Crippen LogP contribution in [0, 0.1) is 5.82 Å². The van der Waals surface area contributed by atoms with Crippen molar-refractivity contribution in [3.8, 4) is 11.3 Å². The van der Waals surface area contributed by atoms with E-state index in [2.05, 4.69) is 4.37 Å². The molecular weight excluding hydrogens is 289 g/mol. The first-order valence-corrected chi connectivity index (χ1v) is 7.51. The average Bonchev–Trinajstić information content (AvgIpc) is 2.96. The van der Waals surface area contributed by atoms with Gasteiger partial charge in [-0.1, -0.05) is 6.92 Å². The number of carbonyl (C=O) groups is 1. The van der Waals surface area contributed by atoms with Crippen LogP contribution in [0.15, 0.2) is 30.3 Å². The summed E-state index contributed by atoms with van der Waals surface area (Å²) in [6.45, 7) is 2.75.